The van der Waals surface area contributed by atoms with Gasteiger partial charge in [0.15, 0.2) is 0 Å². The Morgan fingerprint density at radius 1 is 1.00 bits per heavy atom. The molecule has 7 heteroatoms. The van der Waals surface area contributed by atoms with Crippen molar-refractivity contribution in [2.45, 2.75) is 18.8 Å². The highest BCUT2D eigenvalue weighted by Gasteiger charge is 2.29. The van der Waals surface area contributed by atoms with Gasteiger partial charge in [0.25, 0.3) is 0 Å². The van der Waals surface area contributed by atoms with Gasteiger partial charge in [-0.3, -0.25) is 0 Å². The summed E-state index contributed by atoms with van der Waals surface area (Å²) in [6, 6.07) is 16.3. The van der Waals surface area contributed by atoms with Crippen LogP contribution in [0.15, 0.2) is 60.7 Å². The molecule has 2 N–H and O–H groups in total. The number of carboxylic acid groups (broad SMARTS) is 1. The molecule has 0 saturated carbocycles. The van der Waals surface area contributed by atoms with E-state index in [0.717, 1.165) is 40.9 Å². The van der Waals surface area contributed by atoms with E-state index in [9.17, 15) is 19.4 Å². The number of phenols is 1. The van der Waals surface area contributed by atoms with E-state index in [1.807, 2.05) is 10.6 Å². The van der Waals surface area contributed by atoms with Gasteiger partial charge in [-0.25, -0.2) is 9.18 Å². The fourth-order valence-electron chi connectivity index (χ4n) is 4.66. The Morgan fingerprint density at radius 2 is 1.67 bits per heavy atom. The second kappa shape index (κ2) is 8.54. The molecule has 33 heavy (non-hydrogen) atoms. The molecule has 0 aliphatic carbocycles. The fraction of sp³-hybridized carbons (Fsp3) is 0.192. The van der Waals surface area contributed by atoms with Gasteiger partial charge in [-0.2, -0.15) is 0 Å². The van der Waals surface area contributed by atoms with Crippen LogP contribution >= 0.6 is 11.6 Å². The van der Waals surface area contributed by atoms with Gasteiger partial charge in [-0.15, -0.1) is 0 Å². The summed E-state index contributed by atoms with van der Waals surface area (Å²) in [5.74, 6) is -1.27. The van der Waals surface area contributed by atoms with E-state index in [-0.39, 0.29) is 28.1 Å². The van der Waals surface area contributed by atoms with Crippen LogP contribution in [-0.4, -0.2) is 34.0 Å². The van der Waals surface area contributed by atoms with Gasteiger partial charge >= 0.3 is 5.97 Å². The molecule has 168 valence electrons. The average molecular weight is 466 g/mol. The molecule has 1 fully saturated rings. The third kappa shape index (κ3) is 3.75. The zero-order valence-electron chi connectivity index (χ0n) is 17.6. The van der Waals surface area contributed by atoms with E-state index >= 15 is 0 Å². The molecule has 0 radical (unpaired) electrons. The molecule has 3 aromatic carbocycles. The molecular formula is C26H21ClFNO4. The van der Waals surface area contributed by atoms with Crippen LogP contribution in [0.25, 0.3) is 27.7 Å². The van der Waals surface area contributed by atoms with Gasteiger partial charge in [-0.1, -0.05) is 23.7 Å². The lowest BCUT2D eigenvalue weighted by molar-refractivity contribution is 0.0697. The van der Waals surface area contributed by atoms with E-state index in [1.54, 1.807) is 42.5 Å². The second-order valence-corrected chi connectivity index (χ2v) is 8.54. The lowest BCUT2D eigenvalue weighted by atomic mass is 9.89. The Bertz CT molecular complexity index is 1340. The predicted molar refractivity (Wildman–Crippen MR) is 125 cm³/mol. The van der Waals surface area contributed by atoms with Crippen LogP contribution in [0.5, 0.6) is 5.75 Å². The van der Waals surface area contributed by atoms with E-state index in [2.05, 4.69) is 0 Å². The molecule has 2 heterocycles. The number of rotatable bonds is 4. The van der Waals surface area contributed by atoms with Crippen LogP contribution in [0, 0.1) is 5.82 Å². The maximum atomic E-state index is 13.7. The first-order chi connectivity index (χ1) is 16.0. The zero-order valence-corrected chi connectivity index (χ0v) is 18.3. The third-order valence-corrected chi connectivity index (χ3v) is 6.51. The maximum absolute atomic E-state index is 13.7. The van der Waals surface area contributed by atoms with Crippen LogP contribution in [0.2, 0.25) is 5.02 Å². The lowest BCUT2D eigenvalue weighted by Gasteiger charge is -2.26. The Morgan fingerprint density at radius 3 is 2.30 bits per heavy atom. The van der Waals surface area contributed by atoms with Gasteiger partial charge < -0.3 is 19.5 Å². The van der Waals surface area contributed by atoms with Gasteiger partial charge in [0.05, 0.1) is 21.5 Å². The van der Waals surface area contributed by atoms with Crippen LogP contribution < -0.4 is 0 Å². The van der Waals surface area contributed by atoms with Crippen LogP contribution in [0.4, 0.5) is 4.39 Å². The first-order valence-corrected chi connectivity index (χ1v) is 11.1. The Balaban J connectivity index is 1.88. The number of fused-ring (bicyclic) bond motifs is 1. The van der Waals surface area contributed by atoms with E-state index in [1.165, 1.54) is 12.1 Å². The van der Waals surface area contributed by atoms with Crippen LogP contribution in [-0.2, 0) is 4.74 Å². The van der Waals surface area contributed by atoms with Crippen molar-refractivity contribution in [2.75, 3.05) is 13.2 Å². The van der Waals surface area contributed by atoms with Crippen molar-refractivity contribution in [2.24, 2.45) is 0 Å². The summed E-state index contributed by atoms with van der Waals surface area (Å²) in [5, 5.41) is 21.2. The highest BCUT2D eigenvalue weighted by atomic mass is 35.5. The number of nitrogens with zero attached hydrogens (tertiary/aromatic N) is 1. The Kier molecular flexibility index (Phi) is 5.56. The van der Waals surface area contributed by atoms with Gasteiger partial charge in [0.2, 0.25) is 0 Å². The maximum Gasteiger partial charge on any atom is 0.335 e. The molecule has 0 spiro atoms. The predicted octanol–water partition coefficient (Wildman–Crippen LogP) is 6.39. The smallest absolute Gasteiger partial charge is 0.335 e. The van der Waals surface area contributed by atoms with Crippen molar-refractivity contribution >= 4 is 28.5 Å². The van der Waals surface area contributed by atoms with Crippen molar-refractivity contribution in [3.05, 3.63) is 82.8 Å². The SMILES string of the molecule is O=C(O)c1ccc(-c2c(C3CCOCC3)n(-c3ccc(F)cc3)c3ccc(Cl)c(O)c23)cc1. The molecule has 1 aromatic heterocycles. The standard InChI is InChI=1S/C26H21ClFNO4/c27-20-9-10-21-23(25(20)30)22(15-1-3-17(4-2-15)26(31)32)24(16-11-13-33-14-12-16)29(21)19-7-5-18(28)6-8-19/h1-10,16,30H,11-14H2,(H,31,32). The molecule has 0 unspecified atom stereocenters. The summed E-state index contributed by atoms with van der Waals surface area (Å²) in [5.41, 5.74) is 4.19. The Hall–Kier alpha value is -3.35. The van der Waals surface area contributed by atoms with Gasteiger partial charge in [-0.05, 0) is 66.9 Å². The first-order valence-electron chi connectivity index (χ1n) is 10.7. The molecule has 1 aliphatic rings. The normalized spacial score (nSPS) is 14.6. The minimum Gasteiger partial charge on any atom is -0.506 e. The number of hydrogen-bond acceptors (Lipinski definition) is 3. The van der Waals surface area contributed by atoms with Gasteiger partial charge in [0, 0.05) is 36.1 Å². The number of carboxylic acids is 1. The fourth-order valence-corrected chi connectivity index (χ4v) is 4.81. The molecule has 0 bridgehead atoms. The minimum absolute atomic E-state index is 0.0411. The lowest BCUT2D eigenvalue weighted by Crippen LogP contribution is -2.17. The first kappa shape index (κ1) is 21.5. The van der Waals surface area contributed by atoms with Crippen molar-refractivity contribution in [1.82, 2.24) is 4.57 Å². The van der Waals surface area contributed by atoms with Crippen molar-refractivity contribution in [1.29, 1.82) is 0 Å². The second-order valence-electron chi connectivity index (χ2n) is 8.13. The number of benzene rings is 3. The number of aromatic nitrogens is 1. The number of carbonyl (C=O) groups is 1. The number of aromatic carboxylic acids is 1. The van der Waals surface area contributed by atoms with E-state index in [4.69, 9.17) is 16.3 Å². The average Bonchev–Trinajstić information content (AvgIpc) is 3.18. The molecule has 0 amide bonds. The Labute approximate surface area is 194 Å². The van der Waals surface area contributed by atoms with Crippen molar-refractivity contribution in [3.8, 4) is 22.6 Å². The molecule has 1 saturated heterocycles. The molecule has 4 aromatic rings. The summed E-state index contributed by atoms with van der Waals surface area (Å²) in [4.78, 5) is 11.4. The topological polar surface area (TPSA) is 71.7 Å². The highest BCUT2D eigenvalue weighted by molar-refractivity contribution is 6.33. The summed E-state index contributed by atoms with van der Waals surface area (Å²) in [6.07, 6.45) is 1.57. The number of hydrogen-bond donors (Lipinski definition) is 2. The van der Waals surface area contributed by atoms with E-state index in [0.29, 0.717) is 18.6 Å². The summed E-state index contributed by atoms with van der Waals surface area (Å²) in [7, 11) is 0. The van der Waals surface area contributed by atoms with Crippen molar-refractivity contribution < 1.29 is 24.1 Å². The molecule has 1 aliphatic heterocycles. The summed E-state index contributed by atoms with van der Waals surface area (Å²) in [6.45, 7) is 1.22. The largest absolute Gasteiger partial charge is 0.506 e. The molecular weight excluding hydrogens is 445 g/mol. The zero-order chi connectivity index (χ0) is 23.1. The van der Waals surface area contributed by atoms with Gasteiger partial charge in [0.1, 0.15) is 11.6 Å². The monoisotopic (exact) mass is 465 g/mol. The third-order valence-electron chi connectivity index (χ3n) is 6.21. The highest BCUT2D eigenvalue weighted by Crippen LogP contribution is 2.48. The minimum atomic E-state index is -1.01. The van der Waals surface area contributed by atoms with Crippen molar-refractivity contribution in [3.63, 3.8) is 0 Å². The number of aromatic hydroxyl groups is 1. The molecule has 5 rings (SSSR count). The number of phenolic OH excluding ortho intramolecular Hbond substituents is 1. The van der Waals surface area contributed by atoms with Crippen LogP contribution in [0.1, 0.15) is 34.8 Å². The summed E-state index contributed by atoms with van der Waals surface area (Å²) < 4.78 is 21.4. The molecule has 0 atom stereocenters. The summed E-state index contributed by atoms with van der Waals surface area (Å²) >= 11 is 6.32. The quantitative estimate of drug-likeness (QED) is 0.366. The number of halogens is 2. The van der Waals surface area contributed by atoms with E-state index < -0.39 is 5.97 Å². The van der Waals surface area contributed by atoms with Crippen LogP contribution in [0.3, 0.4) is 0 Å². The molecule has 5 nitrogen and oxygen atoms in total. The number of ether oxygens (including phenoxy) is 1.